The van der Waals surface area contributed by atoms with Gasteiger partial charge in [-0.1, -0.05) is 50.9 Å². The van der Waals surface area contributed by atoms with Gasteiger partial charge in [-0.05, 0) is 6.42 Å². The van der Waals surface area contributed by atoms with Crippen molar-refractivity contribution in [3.05, 3.63) is 22.2 Å². The molecule has 1 aromatic heterocycles. The van der Waals surface area contributed by atoms with Crippen molar-refractivity contribution in [1.29, 1.82) is 0 Å². The predicted molar refractivity (Wildman–Crippen MR) is 99.4 cm³/mol. The number of nitrogens with two attached hydrogens (primary N) is 1. The average molecular weight is 363 g/mol. The molecule has 26 heavy (non-hydrogen) atoms. The molecule has 7 nitrogen and oxygen atoms in total. The first kappa shape index (κ1) is 20.4. The molecule has 0 aromatic carbocycles. The minimum atomic E-state index is -0.823. The van der Waals surface area contributed by atoms with Gasteiger partial charge in [0, 0.05) is 19.0 Å². The number of unbranched alkanes of at least 4 members (excludes halogenated alkanes) is 6. The van der Waals surface area contributed by atoms with E-state index in [1.54, 1.807) is 0 Å². The number of aliphatic hydroxyl groups excluding tert-OH is 2. The maximum atomic E-state index is 12.1. The van der Waals surface area contributed by atoms with E-state index < -0.39 is 24.1 Å². The van der Waals surface area contributed by atoms with Crippen molar-refractivity contribution in [2.75, 3.05) is 12.3 Å². The number of hydrogen-bond donors (Lipinski definition) is 3. The van der Waals surface area contributed by atoms with Crippen LogP contribution in [0.25, 0.3) is 0 Å². The molecule has 0 spiro atoms. The fourth-order valence-electron chi connectivity index (χ4n) is 2.99. The Labute approximate surface area is 154 Å². The van der Waals surface area contributed by atoms with E-state index in [0.29, 0.717) is 5.56 Å². The highest BCUT2D eigenvalue weighted by Gasteiger charge is 2.35. The molecule has 7 heteroatoms. The minimum absolute atomic E-state index is 0.0962. The zero-order valence-corrected chi connectivity index (χ0v) is 15.4. The van der Waals surface area contributed by atoms with Crippen LogP contribution in [0.5, 0.6) is 0 Å². The molecular formula is C19H29N3O4. The highest BCUT2D eigenvalue weighted by Crippen LogP contribution is 2.27. The molecule has 1 aliphatic rings. The molecule has 1 aromatic rings. The van der Waals surface area contributed by atoms with Crippen LogP contribution in [0, 0.1) is 11.8 Å². The summed E-state index contributed by atoms with van der Waals surface area (Å²) in [5.74, 6) is 6.16. The van der Waals surface area contributed by atoms with Crippen LogP contribution in [0.3, 0.4) is 0 Å². The molecule has 4 N–H and O–H groups in total. The van der Waals surface area contributed by atoms with E-state index in [2.05, 4.69) is 23.7 Å². The second kappa shape index (κ2) is 10.3. The number of anilines is 1. The molecule has 0 radical (unpaired) electrons. The van der Waals surface area contributed by atoms with E-state index in [0.717, 1.165) is 19.3 Å². The van der Waals surface area contributed by atoms with Crippen LogP contribution in [-0.2, 0) is 4.74 Å². The summed E-state index contributed by atoms with van der Waals surface area (Å²) in [4.78, 5) is 15.9. The number of aromatic nitrogens is 2. The Bertz CT molecular complexity index is 692. The first-order chi connectivity index (χ1) is 12.6. The highest BCUT2D eigenvalue weighted by molar-refractivity contribution is 5.48. The lowest BCUT2D eigenvalue weighted by molar-refractivity contribution is -0.0458. The second-order valence-electron chi connectivity index (χ2n) is 6.66. The first-order valence-electron chi connectivity index (χ1n) is 9.38. The third kappa shape index (κ3) is 5.56. The summed E-state index contributed by atoms with van der Waals surface area (Å²) >= 11 is 0. The number of ether oxygens (including phenoxy) is 1. The molecule has 3 atom stereocenters. The quantitative estimate of drug-likeness (QED) is 0.478. The Kier molecular flexibility index (Phi) is 8.10. The second-order valence-corrected chi connectivity index (χ2v) is 6.66. The molecule has 0 saturated carbocycles. The fourth-order valence-corrected chi connectivity index (χ4v) is 2.99. The van der Waals surface area contributed by atoms with Gasteiger partial charge in [-0.25, -0.2) is 4.79 Å². The van der Waals surface area contributed by atoms with Crippen LogP contribution in [0.2, 0.25) is 0 Å². The van der Waals surface area contributed by atoms with Crippen molar-refractivity contribution in [2.24, 2.45) is 0 Å². The van der Waals surface area contributed by atoms with Gasteiger partial charge in [0.25, 0.3) is 0 Å². The topological polar surface area (TPSA) is 111 Å². The van der Waals surface area contributed by atoms with Gasteiger partial charge in [-0.3, -0.25) is 4.57 Å². The molecular weight excluding hydrogens is 334 g/mol. The molecule has 144 valence electrons. The predicted octanol–water partition coefficient (Wildman–Crippen LogP) is 1.57. The van der Waals surface area contributed by atoms with E-state index in [1.165, 1.54) is 36.4 Å². The van der Waals surface area contributed by atoms with E-state index >= 15 is 0 Å². The maximum absolute atomic E-state index is 12.1. The van der Waals surface area contributed by atoms with Gasteiger partial charge in [-0.2, -0.15) is 4.98 Å². The molecule has 0 aliphatic carbocycles. The van der Waals surface area contributed by atoms with E-state index in [-0.39, 0.29) is 18.8 Å². The zero-order chi connectivity index (χ0) is 18.9. The van der Waals surface area contributed by atoms with Crippen molar-refractivity contribution in [3.63, 3.8) is 0 Å². The fraction of sp³-hybridized carbons (Fsp3) is 0.684. The Hall–Kier alpha value is -1.88. The number of rotatable bonds is 8. The van der Waals surface area contributed by atoms with Crippen LogP contribution >= 0.6 is 0 Å². The molecule has 1 aliphatic heterocycles. The Morgan fingerprint density at radius 2 is 2.08 bits per heavy atom. The monoisotopic (exact) mass is 363 g/mol. The Morgan fingerprint density at radius 3 is 2.77 bits per heavy atom. The molecule has 0 bridgehead atoms. The highest BCUT2D eigenvalue weighted by atomic mass is 16.5. The SMILES string of the molecule is CCCCCCCCC#Cc1cn([C@H]2C[C@H](O)[C@@H](CO)O2)c(=O)nc1N. The van der Waals surface area contributed by atoms with Crippen molar-refractivity contribution in [3.8, 4) is 11.8 Å². The van der Waals surface area contributed by atoms with Crippen LogP contribution in [-0.4, -0.2) is 38.6 Å². The third-order valence-electron chi connectivity index (χ3n) is 4.55. The van der Waals surface area contributed by atoms with Crippen LogP contribution in [0.15, 0.2) is 11.0 Å². The normalized spacial score (nSPS) is 22.2. The van der Waals surface area contributed by atoms with Crippen molar-refractivity contribution in [1.82, 2.24) is 9.55 Å². The van der Waals surface area contributed by atoms with Gasteiger partial charge in [0.15, 0.2) is 0 Å². The average Bonchev–Trinajstić information content (AvgIpc) is 2.99. The molecule has 2 rings (SSSR count). The number of aliphatic hydroxyl groups is 2. The number of hydrogen-bond acceptors (Lipinski definition) is 6. The lowest BCUT2D eigenvalue weighted by Gasteiger charge is -2.14. The summed E-state index contributed by atoms with van der Waals surface area (Å²) in [7, 11) is 0. The summed E-state index contributed by atoms with van der Waals surface area (Å²) in [6.45, 7) is 1.89. The van der Waals surface area contributed by atoms with Crippen molar-refractivity contribution < 1.29 is 14.9 Å². The summed E-state index contributed by atoms with van der Waals surface area (Å²) in [5.41, 5.74) is 5.73. The smallest absolute Gasteiger partial charge is 0.351 e. The van der Waals surface area contributed by atoms with Gasteiger partial charge >= 0.3 is 5.69 Å². The summed E-state index contributed by atoms with van der Waals surface area (Å²) < 4.78 is 6.79. The summed E-state index contributed by atoms with van der Waals surface area (Å²) in [5, 5.41) is 19.0. The van der Waals surface area contributed by atoms with Gasteiger partial charge in [-0.15, -0.1) is 0 Å². The molecule has 1 fully saturated rings. The standard InChI is InChI=1S/C19H29N3O4/c1-2-3-4-5-6-7-8-9-10-14-12-22(19(25)21-18(14)20)17-11-15(24)16(13-23)26-17/h12,15-17,23-24H,2-8,11,13H2,1H3,(H2,20,21,25)/t15-,16+,17+/m0/s1. The van der Waals surface area contributed by atoms with Gasteiger partial charge in [0.1, 0.15) is 18.1 Å². The minimum Gasteiger partial charge on any atom is -0.394 e. The molecule has 2 heterocycles. The van der Waals surface area contributed by atoms with Crippen molar-refractivity contribution in [2.45, 2.75) is 76.7 Å². The third-order valence-corrected chi connectivity index (χ3v) is 4.55. The van der Waals surface area contributed by atoms with Crippen LogP contribution in [0.1, 0.15) is 70.1 Å². The molecule has 0 unspecified atom stereocenters. The first-order valence-corrected chi connectivity index (χ1v) is 9.38. The number of nitrogen functional groups attached to an aromatic ring is 1. The Balaban J connectivity index is 1.98. The van der Waals surface area contributed by atoms with Crippen molar-refractivity contribution >= 4 is 5.82 Å². The van der Waals surface area contributed by atoms with Crippen LogP contribution in [0.4, 0.5) is 5.82 Å². The van der Waals surface area contributed by atoms with Gasteiger partial charge < -0.3 is 20.7 Å². The molecule has 1 saturated heterocycles. The van der Waals surface area contributed by atoms with E-state index in [1.807, 2.05) is 0 Å². The largest absolute Gasteiger partial charge is 0.394 e. The summed E-state index contributed by atoms with van der Waals surface area (Å²) in [6.07, 6.45) is 7.54. The van der Waals surface area contributed by atoms with Crippen LogP contribution < -0.4 is 11.4 Å². The number of nitrogens with zero attached hydrogens (tertiary/aromatic N) is 2. The lowest BCUT2D eigenvalue weighted by atomic mass is 10.1. The molecule has 0 amide bonds. The maximum Gasteiger partial charge on any atom is 0.351 e. The van der Waals surface area contributed by atoms with E-state index in [4.69, 9.17) is 10.5 Å². The van der Waals surface area contributed by atoms with Gasteiger partial charge in [0.05, 0.1) is 18.3 Å². The zero-order valence-electron chi connectivity index (χ0n) is 15.4. The lowest BCUT2D eigenvalue weighted by Crippen LogP contribution is -2.28. The van der Waals surface area contributed by atoms with E-state index in [9.17, 15) is 15.0 Å². The Morgan fingerprint density at radius 1 is 1.35 bits per heavy atom. The summed E-state index contributed by atoms with van der Waals surface area (Å²) in [6, 6.07) is 0. The van der Waals surface area contributed by atoms with Gasteiger partial charge in [0.2, 0.25) is 0 Å².